The first-order valence-corrected chi connectivity index (χ1v) is 6.00. The second-order valence-corrected chi connectivity index (χ2v) is 4.33. The van der Waals surface area contributed by atoms with Gasteiger partial charge in [0, 0.05) is 23.2 Å². The van der Waals surface area contributed by atoms with Crippen LogP contribution in [0.15, 0.2) is 54.7 Å². The number of aromatic nitrogens is 1. The zero-order valence-electron chi connectivity index (χ0n) is 10.3. The van der Waals surface area contributed by atoms with E-state index in [4.69, 9.17) is 0 Å². The lowest BCUT2D eigenvalue weighted by Crippen LogP contribution is -2.05. The Bertz CT molecular complexity index is 809. The number of rotatable bonds is 2. The molecule has 1 aromatic heterocycles. The largest absolute Gasteiger partial charge is 0.288 e. The third kappa shape index (κ3) is 2.05. The topological polar surface area (TPSA) is 30.0 Å². The monoisotopic (exact) mass is 269 g/mol. The van der Waals surface area contributed by atoms with Gasteiger partial charge < -0.3 is 0 Å². The summed E-state index contributed by atoms with van der Waals surface area (Å²) in [6.45, 7) is 0. The van der Waals surface area contributed by atoms with E-state index >= 15 is 0 Å². The molecule has 1 heterocycles. The van der Waals surface area contributed by atoms with Crippen molar-refractivity contribution in [2.45, 2.75) is 0 Å². The van der Waals surface area contributed by atoms with Crippen LogP contribution in [0.25, 0.3) is 10.9 Å². The minimum atomic E-state index is -0.865. The van der Waals surface area contributed by atoms with Crippen LogP contribution in [-0.4, -0.2) is 10.8 Å². The van der Waals surface area contributed by atoms with Crippen molar-refractivity contribution in [2.24, 2.45) is 0 Å². The first-order chi connectivity index (χ1) is 9.66. The maximum atomic E-state index is 13.7. The Morgan fingerprint density at radius 1 is 0.950 bits per heavy atom. The molecule has 0 amide bonds. The van der Waals surface area contributed by atoms with Gasteiger partial charge in [0.2, 0.25) is 0 Å². The van der Waals surface area contributed by atoms with E-state index in [9.17, 15) is 13.6 Å². The highest BCUT2D eigenvalue weighted by Gasteiger charge is 2.16. The fourth-order valence-corrected chi connectivity index (χ4v) is 2.12. The average Bonchev–Trinajstić information content (AvgIpc) is 2.46. The molecule has 0 fully saturated rings. The highest BCUT2D eigenvalue weighted by Crippen LogP contribution is 2.21. The zero-order chi connectivity index (χ0) is 14.1. The Morgan fingerprint density at radius 2 is 1.80 bits per heavy atom. The molecule has 0 aliphatic rings. The Balaban J connectivity index is 2.18. The lowest BCUT2D eigenvalue weighted by molar-refractivity contribution is 0.103. The molecule has 0 saturated heterocycles. The smallest absolute Gasteiger partial charge is 0.196 e. The maximum Gasteiger partial charge on any atom is 0.196 e. The summed E-state index contributed by atoms with van der Waals surface area (Å²) in [5.41, 5.74) is 0.852. The second kappa shape index (κ2) is 4.81. The highest BCUT2D eigenvalue weighted by molar-refractivity contribution is 6.16. The molecule has 0 atom stereocenters. The summed E-state index contributed by atoms with van der Waals surface area (Å²) in [7, 11) is 0. The van der Waals surface area contributed by atoms with E-state index in [1.807, 2.05) is 0 Å². The van der Waals surface area contributed by atoms with Crippen molar-refractivity contribution in [3.63, 3.8) is 0 Å². The average molecular weight is 269 g/mol. The van der Waals surface area contributed by atoms with Gasteiger partial charge in [-0.3, -0.25) is 9.78 Å². The van der Waals surface area contributed by atoms with E-state index in [2.05, 4.69) is 4.98 Å². The molecule has 0 unspecified atom stereocenters. The number of ketones is 1. The van der Waals surface area contributed by atoms with Gasteiger partial charge in [0.25, 0.3) is 0 Å². The molecule has 0 radical (unpaired) electrons. The molecule has 2 nitrogen and oxygen atoms in total. The predicted octanol–water partition coefficient (Wildman–Crippen LogP) is 3.74. The van der Waals surface area contributed by atoms with Crippen molar-refractivity contribution in [1.29, 1.82) is 0 Å². The molecule has 20 heavy (non-hydrogen) atoms. The van der Waals surface area contributed by atoms with E-state index in [1.165, 1.54) is 0 Å². The van der Waals surface area contributed by atoms with Crippen molar-refractivity contribution >= 4 is 16.7 Å². The summed E-state index contributed by atoms with van der Waals surface area (Å²) in [4.78, 5) is 16.6. The van der Waals surface area contributed by atoms with Gasteiger partial charge in [0.1, 0.15) is 11.6 Å². The fraction of sp³-hybridized carbons (Fsp3) is 0. The third-order valence-corrected chi connectivity index (χ3v) is 3.07. The molecular weight excluding hydrogens is 260 g/mol. The Hall–Kier alpha value is -2.62. The molecular formula is C16H9F2NO. The number of carbonyl (C=O) groups is 1. The summed E-state index contributed by atoms with van der Waals surface area (Å²) in [5, 5.41) is 0.642. The summed E-state index contributed by atoms with van der Waals surface area (Å²) >= 11 is 0. The number of carbonyl (C=O) groups excluding carboxylic acids is 1. The summed E-state index contributed by atoms with van der Waals surface area (Å²) in [6, 6.07) is 11.4. The number of pyridine rings is 1. The third-order valence-electron chi connectivity index (χ3n) is 3.07. The van der Waals surface area contributed by atoms with E-state index in [0.29, 0.717) is 22.5 Å². The van der Waals surface area contributed by atoms with Gasteiger partial charge >= 0.3 is 0 Å². The van der Waals surface area contributed by atoms with Crippen molar-refractivity contribution in [3.8, 4) is 0 Å². The Labute approximate surface area is 113 Å². The Morgan fingerprint density at radius 3 is 2.60 bits per heavy atom. The lowest BCUT2D eigenvalue weighted by Gasteiger charge is -2.06. The standard InChI is InChI=1S/C16H9F2NO/c17-10-6-7-13(14(18)9-10)16(20)12-3-1-5-15-11(12)4-2-8-19-15/h1-9H. The van der Waals surface area contributed by atoms with E-state index in [0.717, 1.165) is 12.1 Å². The number of nitrogens with zero attached hydrogens (tertiary/aromatic N) is 1. The number of halogens is 2. The quantitative estimate of drug-likeness (QED) is 0.663. The molecule has 4 heteroatoms. The number of benzene rings is 2. The van der Waals surface area contributed by atoms with E-state index < -0.39 is 17.4 Å². The predicted molar refractivity (Wildman–Crippen MR) is 71.5 cm³/mol. The van der Waals surface area contributed by atoms with Crippen LogP contribution in [0.5, 0.6) is 0 Å². The molecule has 0 spiro atoms. The zero-order valence-corrected chi connectivity index (χ0v) is 10.3. The number of hydrogen-bond acceptors (Lipinski definition) is 2. The summed E-state index contributed by atoms with van der Waals surface area (Å²) < 4.78 is 26.6. The van der Waals surface area contributed by atoms with Crippen LogP contribution in [0.2, 0.25) is 0 Å². The molecule has 3 rings (SSSR count). The minimum Gasteiger partial charge on any atom is -0.288 e. The van der Waals surface area contributed by atoms with Crippen LogP contribution in [0.3, 0.4) is 0 Å². The first kappa shape index (κ1) is 12.4. The van der Waals surface area contributed by atoms with E-state index in [1.54, 1.807) is 36.5 Å². The molecule has 0 saturated carbocycles. The molecule has 98 valence electrons. The van der Waals surface area contributed by atoms with Crippen LogP contribution in [0.1, 0.15) is 15.9 Å². The SMILES string of the molecule is O=C(c1ccc(F)cc1F)c1cccc2ncccc12. The first-order valence-electron chi connectivity index (χ1n) is 6.00. The molecule has 0 N–H and O–H groups in total. The molecule has 3 aromatic rings. The molecule has 0 bridgehead atoms. The van der Waals surface area contributed by atoms with Crippen molar-refractivity contribution in [2.75, 3.05) is 0 Å². The van der Waals surface area contributed by atoms with Gasteiger partial charge in [-0.2, -0.15) is 0 Å². The highest BCUT2D eigenvalue weighted by atomic mass is 19.1. The van der Waals surface area contributed by atoms with E-state index in [-0.39, 0.29) is 5.56 Å². The molecule has 0 aliphatic carbocycles. The van der Waals surface area contributed by atoms with Crippen LogP contribution < -0.4 is 0 Å². The van der Waals surface area contributed by atoms with Gasteiger partial charge in [0.15, 0.2) is 5.78 Å². The number of fused-ring (bicyclic) bond motifs is 1. The van der Waals surface area contributed by atoms with Gasteiger partial charge in [-0.15, -0.1) is 0 Å². The van der Waals surface area contributed by atoms with Crippen LogP contribution in [-0.2, 0) is 0 Å². The summed E-state index contributed by atoms with van der Waals surface area (Å²) in [6.07, 6.45) is 1.62. The number of hydrogen-bond donors (Lipinski definition) is 0. The van der Waals surface area contributed by atoms with Gasteiger partial charge in [-0.25, -0.2) is 8.78 Å². The second-order valence-electron chi connectivity index (χ2n) is 4.33. The van der Waals surface area contributed by atoms with Gasteiger partial charge in [0.05, 0.1) is 11.1 Å². The normalized spacial score (nSPS) is 10.7. The fourth-order valence-electron chi connectivity index (χ4n) is 2.12. The minimum absolute atomic E-state index is 0.150. The molecule has 2 aromatic carbocycles. The van der Waals surface area contributed by atoms with Crippen LogP contribution in [0, 0.1) is 11.6 Å². The Kier molecular flexibility index (Phi) is 2.99. The van der Waals surface area contributed by atoms with Crippen molar-refractivity contribution < 1.29 is 13.6 Å². The van der Waals surface area contributed by atoms with Crippen molar-refractivity contribution in [3.05, 3.63) is 77.5 Å². The summed E-state index contributed by atoms with van der Waals surface area (Å²) in [5.74, 6) is -2.06. The van der Waals surface area contributed by atoms with Crippen LogP contribution in [0.4, 0.5) is 8.78 Å². The molecule has 0 aliphatic heterocycles. The lowest BCUT2D eigenvalue weighted by atomic mass is 9.99. The van der Waals surface area contributed by atoms with Gasteiger partial charge in [-0.1, -0.05) is 18.2 Å². The van der Waals surface area contributed by atoms with Crippen molar-refractivity contribution in [1.82, 2.24) is 4.98 Å². The van der Waals surface area contributed by atoms with Gasteiger partial charge in [-0.05, 0) is 24.3 Å². The van der Waals surface area contributed by atoms with Crippen LogP contribution >= 0.6 is 0 Å². The maximum absolute atomic E-state index is 13.7.